The standard InChI is InChI=1S/C11H10Br2N2O/c1-7-3-5-9(6-4-7)15-10(16)11(12,13)8(2)14-15/h3-6H,1-2H3. The van der Waals surface area contributed by atoms with Crippen molar-refractivity contribution in [2.75, 3.05) is 5.01 Å². The predicted octanol–water partition coefficient (Wildman–Crippen LogP) is 3.20. The van der Waals surface area contributed by atoms with Gasteiger partial charge in [0.2, 0.25) is 0 Å². The van der Waals surface area contributed by atoms with Crippen molar-refractivity contribution in [1.82, 2.24) is 0 Å². The second-order valence-corrected chi connectivity index (χ2v) is 7.16. The minimum absolute atomic E-state index is 0.131. The smallest absolute Gasteiger partial charge is 0.269 e. The lowest BCUT2D eigenvalue weighted by atomic mass is 10.2. The number of hydrogen-bond acceptors (Lipinski definition) is 2. The van der Waals surface area contributed by atoms with E-state index in [0.717, 1.165) is 11.3 Å². The fraction of sp³-hybridized carbons (Fsp3) is 0.273. The van der Waals surface area contributed by atoms with Crippen molar-refractivity contribution in [2.45, 2.75) is 17.1 Å². The number of hydrogen-bond donors (Lipinski definition) is 0. The number of halogens is 2. The largest absolute Gasteiger partial charge is 0.281 e. The number of anilines is 1. The molecule has 5 heteroatoms. The number of alkyl halides is 2. The van der Waals surface area contributed by atoms with E-state index in [-0.39, 0.29) is 5.91 Å². The van der Waals surface area contributed by atoms with Gasteiger partial charge in [0.15, 0.2) is 3.23 Å². The molecular weight excluding hydrogens is 336 g/mol. The van der Waals surface area contributed by atoms with Gasteiger partial charge in [0.1, 0.15) is 0 Å². The zero-order chi connectivity index (χ0) is 11.9. The van der Waals surface area contributed by atoms with Gasteiger partial charge in [-0.15, -0.1) is 0 Å². The van der Waals surface area contributed by atoms with E-state index in [9.17, 15) is 4.79 Å². The third-order valence-electron chi connectivity index (χ3n) is 2.44. The lowest BCUT2D eigenvalue weighted by Gasteiger charge is -2.15. The maximum Gasteiger partial charge on any atom is 0.281 e. The van der Waals surface area contributed by atoms with Gasteiger partial charge < -0.3 is 0 Å². The zero-order valence-electron chi connectivity index (χ0n) is 8.87. The Morgan fingerprint density at radius 1 is 1.19 bits per heavy atom. The molecular formula is C11H10Br2N2O. The molecule has 1 aliphatic rings. The number of rotatable bonds is 1. The van der Waals surface area contributed by atoms with Gasteiger partial charge in [-0.05, 0) is 26.0 Å². The molecule has 1 aliphatic heterocycles. The number of carbonyl (C=O) groups excluding carboxylic acids is 1. The molecule has 2 rings (SSSR count). The Morgan fingerprint density at radius 2 is 1.75 bits per heavy atom. The van der Waals surface area contributed by atoms with E-state index >= 15 is 0 Å². The fourth-order valence-corrected chi connectivity index (χ4v) is 1.90. The van der Waals surface area contributed by atoms with E-state index < -0.39 is 3.23 Å². The molecule has 0 radical (unpaired) electrons. The highest BCUT2D eigenvalue weighted by Gasteiger charge is 2.45. The average Bonchev–Trinajstić information content (AvgIpc) is 2.44. The second kappa shape index (κ2) is 3.96. The van der Waals surface area contributed by atoms with Gasteiger partial charge in [-0.25, -0.2) is 0 Å². The summed E-state index contributed by atoms with van der Waals surface area (Å²) in [5, 5.41) is 5.63. The van der Waals surface area contributed by atoms with Gasteiger partial charge >= 0.3 is 0 Å². The number of amides is 1. The van der Waals surface area contributed by atoms with Gasteiger partial charge in [0.05, 0.1) is 11.4 Å². The van der Waals surface area contributed by atoms with Crippen LogP contribution in [0.15, 0.2) is 29.4 Å². The van der Waals surface area contributed by atoms with Crippen LogP contribution in [-0.4, -0.2) is 14.9 Å². The maximum absolute atomic E-state index is 12.0. The molecule has 0 fully saturated rings. The van der Waals surface area contributed by atoms with Crippen molar-refractivity contribution < 1.29 is 4.79 Å². The van der Waals surface area contributed by atoms with Crippen LogP contribution in [0, 0.1) is 6.92 Å². The predicted molar refractivity (Wildman–Crippen MR) is 72.4 cm³/mol. The number of benzene rings is 1. The summed E-state index contributed by atoms with van der Waals surface area (Å²) in [7, 11) is 0. The van der Waals surface area contributed by atoms with Crippen molar-refractivity contribution in [3.05, 3.63) is 29.8 Å². The first kappa shape index (κ1) is 11.8. The fourth-order valence-electron chi connectivity index (χ4n) is 1.41. The first-order valence-electron chi connectivity index (χ1n) is 4.77. The van der Waals surface area contributed by atoms with Gasteiger partial charge in [0.25, 0.3) is 5.91 Å². The second-order valence-electron chi connectivity index (χ2n) is 3.71. The number of nitrogens with zero attached hydrogens (tertiary/aromatic N) is 2. The highest BCUT2D eigenvalue weighted by molar-refractivity contribution is 9.26. The number of carbonyl (C=O) groups is 1. The lowest BCUT2D eigenvalue weighted by Crippen LogP contribution is -2.34. The van der Waals surface area contributed by atoms with Crippen LogP contribution in [-0.2, 0) is 4.79 Å². The molecule has 1 heterocycles. The Hall–Kier alpha value is -0.680. The molecule has 1 amide bonds. The van der Waals surface area contributed by atoms with Crippen LogP contribution in [0.3, 0.4) is 0 Å². The molecule has 0 bridgehead atoms. The molecule has 0 saturated carbocycles. The Bertz CT molecular complexity index is 465. The third kappa shape index (κ3) is 1.82. The van der Waals surface area contributed by atoms with Gasteiger partial charge in [-0.1, -0.05) is 49.6 Å². The van der Waals surface area contributed by atoms with Crippen LogP contribution in [0.2, 0.25) is 0 Å². The van der Waals surface area contributed by atoms with Crippen molar-refractivity contribution in [3.8, 4) is 0 Å². The Morgan fingerprint density at radius 3 is 2.19 bits per heavy atom. The molecule has 1 aromatic rings. The summed E-state index contributed by atoms with van der Waals surface area (Å²) < 4.78 is -0.856. The topological polar surface area (TPSA) is 32.7 Å². The van der Waals surface area contributed by atoms with Crippen LogP contribution in [0.5, 0.6) is 0 Å². The maximum atomic E-state index is 12.0. The summed E-state index contributed by atoms with van der Waals surface area (Å²) in [5.74, 6) is -0.131. The van der Waals surface area contributed by atoms with Gasteiger partial charge in [-0.2, -0.15) is 10.1 Å². The summed E-state index contributed by atoms with van der Waals surface area (Å²) >= 11 is 6.64. The van der Waals surface area contributed by atoms with Crippen molar-refractivity contribution >= 4 is 49.2 Å². The Labute approximate surface area is 111 Å². The molecule has 1 aromatic carbocycles. The summed E-state index contributed by atoms with van der Waals surface area (Å²) in [6, 6.07) is 7.67. The molecule has 0 aliphatic carbocycles. The van der Waals surface area contributed by atoms with Crippen LogP contribution in [0.25, 0.3) is 0 Å². The van der Waals surface area contributed by atoms with E-state index in [1.807, 2.05) is 31.2 Å². The first-order chi connectivity index (χ1) is 7.43. The van der Waals surface area contributed by atoms with Crippen LogP contribution in [0.4, 0.5) is 5.69 Å². The van der Waals surface area contributed by atoms with Crippen LogP contribution >= 0.6 is 31.9 Å². The van der Waals surface area contributed by atoms with Crippen LogP contribution < -0.4 is 5.01 Å². The first-order valence-corrected chi connectivity index (χ1v) is 6.36. The van der Waals surface area contributed by atoms with Gasteiger partial charge in [0, 0.05) is 0 Å². The molecule has 0 unspecified atom stereocenters. The molecule has 0 spiro atoms. The minimum Gasteiger partial charge on any atom is -0.269 e. The van der Waals surface area contributed by atoms with E-state index in [1.165, 1.54) is 5.01 Å². The van der Waals surface area contributed by atoms with Crippen LogP contribution in [0.1, 0.15) is 12.5 Å². The molecule has 0 aromatic heterocycles. The Kier molecular flexibility index (Phi) is 2.92. The molecule has 84 valence electrons. The highest BCUT2D eigenvalue weighted by Crippen LogP contribution is 2.37. The monoisotopic (exact) mass is 344 g/mol. The summed E-state index contributed by atoms with van der Waals surface area (Å²) in [5.41, 5.74) is 2.62. The molecule has 3 nitrogen and oxygen atoms in total. The summed E-state index contributed by atoms with van der Waals surface area (Å²) in [6.45, 7) is 3.80. The summed E-state index contributed by atoms with van der Waals surface area (Å²) in [6.07, 6.45) is 0. The van der Waals surface area contributed by atoms with E-state index in [2.05, 4.69) is 37.0 Å². The molecule has 0 N–H and O–H groups in total. The average molecular weight is 346 g/mol. The SMILES string of the molecule is CC1=NN(c2ccc(C)cc2)C(=O)C1(Br)Br. The number of hydrazone groups is 1. The Balaban J connectivity index is 2.38. The minimum atomic E-state index is -0.856. The molecule has 16 heavy (non-hydrogen) atoms. The van der Waals surface area contributed by atoms with Crippen molar-refractivity contribution in [2.24, 2.45) is 5.10 Å². The van der Waals surface area contributed by atoms with Gasteiger partial charge in [-0.3, -0.25) is 4.79 Å². The van der Waals surface area contributed by atoms with E-state index in [0.29, 0.717) is 5.71 Å². The normalized spacial score (nSPS) is 18.9. The van der Waals surface area contributed by atoms with E-state index in [4.69, 9.17) is 0 Å². The molecule has 0 saturated heterocycles. The van der Waals surface area contributed by atoms with E-state index in [1.54, 1.807) is 6.92 Å². The quantitative estimate of drug-likeness (QED) is 0.719. The molecule has 0 atom stereocenters. The van der Waals surface area contributed by atoms with Crippen molar-refractivity contribution in [3.63, 3.8) is 0 Å². The van der Waals surface area contributed by atoms with Crippen molar-refractivity contribution in [1.29, 1.82) is 0 Å². The number of aryl methyl sites for hydroxylation is 1. The lowest BCUT2D eigenvalue weighted by molar-refractivity contribution is -0.116. The highest BCUT2D eigenvalue weighted by atomic mass is 79.9. The zero-order valence-corrected chi connectivity index (χ0v) is 12.0. The third-order valence-corrected chi connectivity index (χ3v) is 4.27. The summed E-state index contributed by atoms with van der Waals surface area (Å²) in [4.78, 5) is 12.0.